The summed E-state index contributed by atoms with van der Waals surface area (Å²) < 4.78 is 0. The number of hydrogen-bond donors (Lipinski definition) is 0. The van der Waals surface area contributed by atoms with Crippen molar-refractivity contribution in [1.82, 2.24) is 9.80 Å². The lowest BCUT2D eigenvalue weighted by atomic mass is 10.3. The molecule has 1 aliphatic rings. The first-order valence-corrected chi connectivity index (χ1v) is 4.05. The summed E-state index contributed by atoms with van der Waals surface area (Å²) in [6, 6.07) is 0. The summed E-state index contributed by atoms with van der Waals surface area (Å²) >= 11 is 5.06. The van der Waals surface area contributed by atoms with E-state index in [4.69, 9.17) is 12.2 Å². The maximum Gasteiger partial charge on any atom is 0.0748 e. The highest BCUT2D eigenvalue weighted by Gasteiger charge is 2.12. The predicted molar refractivity (Wildman–Crippen MR) is 47.3 cm³/mol. The molecule has 1 rings (SSSR count). The smallest absolute Gasteiger partial charge is 0.0748 e. The molecular formula is C7H14N2S. The summed E-state index contributed by atoms with van der Waals surface area (Å²) in [5, 5.41) is 0. The Labute approximate surface area is 67.8 Å². The van der Waals surface area contributed by atoms with Gasteiger partial charge in [0.05, 0.1) is 4.99 Å². The Morgan fingerprint density at radius 2 is 1.70 bits per heavy atom. The van der Waals surface area contributed by atoms with Gasteiger partial charge in [0, 0.05) is 26.2 Å². The zero-order valence-electron chi connectivity index (χ0n) is 6.63. The average Bonchev–Trinajstić information content (AvgIpc) is 1.88. The maximum atomic E-state index is 5.06. The second-order valence-electron chi connectivity index (χ2n) is 2.81. The molecule has 0 aromatic carbocycles. The van der Waals surface area contributed by atoms with Gasteiger partial charge in [-0.15, -0.1) is 0 Å². The van der Waals surface area contributed by atoms with E-state index in [1.165, 1.54) is 0 Å². The number of hydrogen-bond acceptors (Lipinski definition) is 2. The van der Waals surface area contributed by atoms with E-state index in [9.17, 15) is 0 Å². The van der Waals surface area contributed by atoms with Gasteiger partial charge < -0.3 is 9.80 Å². The van der Waals surface area contributed by atoms with Crippen LogP contribution < -0.4 is 0 Å². The van der Waals surface area contributed by atoms with Crippen LogP contribution in [-0.2, 0) is 0 Å². The van der Waals surface area contributed by atoms with E-state index in [0.29, 0.717) is 0 Å². The first-order chi connectivity index (χ1) is 4.70. The second kappa shape index (κ2) is 3.30. The zero-order valence-corrected chi connectivity index (χ0v) is 7.45. The molecule has 1 saturated heterocycles. The van der Waals surface area contributed by atoms with E-state index in [2.05, 4.69) is 16.8 Å². The van der Waals surface area contributed by atoms with E-state index >= 15 is 0 Å². The zero-order chi connectivity index (χ0) is 7.56. The molecule has 0 saturated carbocycles. The Hall–Kier alpha value is -0.150. The Balaban J connectivity index is 2.33. The van der Waals surface area contributed by atoms with Gasteiger partial charge >= 0.3 is 0 Å². The van der Waals surface area contributed by atoms with Gasteiger partial charge in [-0.1, -0.05) is 12.2 Å². The first-order valence-electron chi connectivity index (χ1n) is 3.64. The van der Waals surface area contributed by atoms with Crippen molar-refractivity contribution in [1.29, 1.82) is 0 Å². The molecule has 2 nitrogen and oxygen atoms in total. The Kier molecular flexibility index (Phi) is 2.63. The van der Waals surface area contributed by atoms with Crippen LogP contribution in [0, 0.1) is 0 Å². The molecule has 0 N–H and O–H groups in total. The normalized spacial score (nSPS) is 21.2. The van der Waals surface area contributed by atoms with E-state index in [0.717, 1.165) is 31.2 Å². The minimum atomic E-state index is 1.04. The van der Waals surface area contributed by atoms with Crippen LogP contribution in [0.5, 0.6) is 0 Å². The van der Waals surface area contributed by atoms with Gasteiger partial charge in [-0.2, -0.15) is 0 Å². The topological polar surface area (TPSA) is 6.48 Å². The average molecular weight is 158 g/mol. The Morgan fingerprint density at radius 3 is 2.10 bits per heavy atom. The fraction of sp³-hybridized carbons (Fsp3) is 0.857. The van der Waals surface area contributed by atoms with Gasteiger partial charge in [-0.3, -0.25) is 0 Å². The monoisotopic (exact) mass is 158 g/mol. The van der Waals surface area contributed by atoms with Crippen molar-refractivity contribution in [2.45, 2.75) is 6.92 Å². The molecule has 0 amide bonds. The van der Waals surface area contributed by atoms with Gasteiger partial charge in [0.2, 0.25) is 0 Å². The lowest BCUT2D eigenvalue weighted by molar-refractivity contribution is 0.217. The van der Waals surface area contributed by atoms with Crippen molar-refractivity contribution >= 4 is 17.2 Å². The van der Waals surface area contributed by atoms with Crippen molar-refractivity contribution in [3.63, 3.8) is 0 Å². The van der Waals surface area contributed by atoms with Gasteiger partial charge in [0.15, 0.2) is 0 Å². The van der Waals surface area contributed by atoms with Crippen LogP contribution in [0.15, 0.2) is 0 Å². The highest BCUT2D eigenvalue weighted by atomic mass is 32.1. The van der Waals surface area contributed by atoms with Crippen LogP contribution in [0.25, 0.3) is 0 Å². The molecule has 58 valence electrons. The third kappa shape index (κ3) is 1.92. The molecule has 1 heterocycles. The number of piperazine rings is 1. The SMILES string of the molecule is CC(=S)N1CCN(C)CC1. The van der Waals surface area contributed by atoms with Gasteiger partial charge in [-0.05, 0) is 14.0 Å². The summed E-state index contributed by atoms with van der Waals surface area (Å²) in [7, 11) is 2.15. The third-order valence-corrected chi connectivity index (χ3v) is 2.21. The molecule has 0 spiro atoms. The van der Waals surface area contributed by atoms with Crippen LogP contribution in [0.4, 0.5) is 0 Å². The number of likely N-dealkylation sites (N-methyl/N-ethyl adjacent to an activating group) is 1. The van der Waals surface area contributed by atoms with Crippen molar-refractivity contribution < 1.29 is 0 Å². The van der Waals surface area contributed by atoms with Crippen LogP contribution in [-0.4, -0.2) is 48.0 Å². The standard InChI is InChI=1S/C7H14N2S/c1-7(10)9-5-3-8(2)4-6-9/h3-6H2,1-2H3. The van der Waals surface area contributed by atoms with Crippen molar-refractivity contribution in [3.8, 4) is 0 Å². The van der Waals surface area contributed by atoms with Crippen molar-refractivity contribution in [2.24, 2.45) is 0 Å². The molecule has 0 bridgehead atoms. The van der Waals surface area contributed by atoms with E-state index < -0.39 is 0 Å². The molecule has 1 aliphatic heterocycles. The maximum absolute atomic E-state index is 5.06. The van der Waals surface area contributed by atoms with Gasteiger partial charge in [-0.25, -0.2) is 0 Å². The molecule has 0 aliphatic carbocycles. The molecular weight excluding hydrogens is 144 g/mol. The van der Waals surface area contributed by atoms with Crippen LogP contribution >= 0.6 is 12.2 Å². The highest BCUT2D eigenvalue weighted by molar-refractivity contribution is 7.80. The minimum absolute atomic E-state index is 1.04. The predicted octanol–water partition coefficient (Wildman–Crippen LogP) is 0.581. The third-order valence-electron chi connectivity index (χ3n) is 1.95. The summed E-state index contributed by atoms with van der Waals surface area (Å²) in [4.78, 5) is 5.62. The van der Waals surface area contributed by atoms with Gasteiger partial charge in [0.25, 0.3) is 0 Å². The quantitative estimate of drug-likeness (QED) is 0.476. The fourth-order valence-corrected chi connectivity index (χ4v) is 1.30. The molecule has 10 heavy (non-hydrogen) atoms. The molecule has 1 fully saturated rings. The molecule has 0 unspecified atom stereocenters. The summed E-state index contributed by atoms with van der Waals surface area (Å²) in [6.45, 7) is 6.50. The number of thiocarbonyl (C=S) groups is 1. The van der Waals surface area contributed by atoms with Crippen LogP contribution in [0.2, 0.25) is 0 Å². The fourth-order valence-electron chi connectivity index (χ4n) is 1.12. The first kappa shape index (κ1) is 7.95. The van der Waals surface area contributed by atoms with Crippen LogP contribution in [0.3, 0.4) is 0 Å². The summed E-state index contributed by atoms with van der Waals surface area (Å²) in [6.07, 6.45) is 0. The Bertz CT molecular complexity index is 128. The molecule has 0 atom stereocenters. The van der Waals surface area contributed by atoms with E-state index in [1.807, 2.05) is 6.92 Å². The van der Waals surface area contributed by atoms with Crippen molar-refractivity contribution in [3.05, 3.63) is 0 Å². The lowest BCUT2D eigenvalue weighted by Crippen LogP contribution is -2.45. The van der Waals surface area contributed by atoms with E-state index in [1.54, 1.807) is 0 Å². The van der Waals surface area contributed by atoms with E-state index in [-0.39, 0.29) is 0 Å². The number of rotatable bonds is 0. The Morgan fingerprint density at radius 1 is 1.20 bits per heavy atom. The van der Waals surface area contributed by atoms with Crippen molar-refractivity contribution in [2.75, 3.05) is 33.2 Å². The highest BCUT2D eigenvalue weighted by Crippen LogP contribution is 1.99. The molecule has 0 aromatic heterocycles. The largest absolute Gasteiger partial charge is 0.364 e. The summed E-state index contributed by atoms with van der Waals surface area (Å²) in [5.41, 5.74) is 0. The minimum Gasteiger partial charge on any atom is -0.364 e. The molecule has 3 heteroatoms. The van der Waals surface area contributed by atoms with Crippen LogP contribution in [0.1, 0.15) is 6.92 Å². The lowest BCUT2D eigenvalue weighted by Gasteiger charge is -2.33. The molecule has 0 radical (unpaired) electrons. The number of nitrogens with zero attached hydrogens (tertiary/aromatic N) is 2. The summed E-state index contributed by atoms with van der Waals surface area (Å²) in [5.74, 6) is 0. The van der Waals surface area contributed by atoms with Gasteiger partial charge in [0.1, 0.15) is 0 Å². The second-order valence-corrected chi connectivity index (χ2v) is 3.40. The molecule has 0 aromatic rings.